The van der Waals surface area contributed by atoms with Crippen molar-refractivity contribution in [1.82, 2.24) is 15.1 Å². The van der Waals surface area contributed by atoms with Gasteiger partial charge in [0.15, 0.2) is 5.82 Å². The van der Waals surface area contributed by atoms with Crippen LogP contribution in [0.3, 0.4) is 0 Å². The van der Waals surface area contributed by atoms with Crippen molar-refractivity contribution in [3.8, 4) is 17.0 Å². The summed E-state index contributed by atoms with van der Waals surface area (Å²) in [5.41, 5.74) is 1.01. The smallest absolute Gasteiger partial charge is 0.406 e. The minimum Gasteiger partial charge on any atom is -0.406 e. The molecule has 0 radical (unpaired) electrons. The summed E-state index contributed by atoms with van der Waals surface area (Å²) in [6.45, 7) is 4.16. The van der Waals surface area contributed by atoms with E-state index in [0.29, 0.717) is 24.1 Å². The molecule has 11 heteroatoms. The molecule has 33 heavy (non-hydrogen) atoms. The van der Waals surface area contributed by atoms with E-state index in [1.54, 1.807) is 16.8 Å². The largest absolute Gasteiger partial charge is 0.573 e. The van der Waals surface area contributed by atoms with Gasteiger partial charge in [-0.1, -0.05) is 12.1 Å². The van der Waals surface area contributed by atoms with Crippen molar-refractivity contribution in [2.75, 3.05) is 11.9 Å². The summed E-state index contributed by atoms with van der Waals surface area (Å²) in [5, 5.41) is 9.94. The fourth-order valence-electron chi connectivity index (χ4n) is 4.39. The molecule has 2 fully saturated rings. The first-order chi connectivity index (χ1) is 15.6. The number of ether oxygens (including phenoxy) is 2. The number of anilines is 1. The Bertz CT molecular complexity index is 1030. The molecule has 0 bridgehead atoms. The number of carbonyl (C=O) groups is 2. The number of carbonyl (C=O) groups excluding carboxylic acids is 2. The molecule has 1 aromatic carbocycles. The van der Waals surface area contributed by atoms with Crippen molar-refractivity contribution >= 4 is 17.6 Å². The predicted octanol–water partition coefficient (Wildman–Crippen LogP) is 3.65. The predicted molar refractivity (Wildman–Crippen MR) is 112 cm³/mol. The van der Waals surface area contributed by atoms with Gasteiger partial charge >= 0.3 is 6.36 Å². The lowest BCUT2D eigenvalue weighted by Gasteiger charge is -2.33. The van der Waals surface area contributed by atoms with E-state index in [4.69, 9.17) is 4.74 Å². The van der Waals surface area contributed by atoms with Gasteiger partial charge in [0.2, 0.25) is 11.8 Å². The van der Waals surface area contributed by atoms with Crippen molar-refractivity contribution < 1.29 is 32.2 Å². The molecule has 2 aromatic rings. The molecule has 4 rings (SSSR count). The highest BCUT2D eigenvalue weighted by Crippen LogP contribution is 2.35. The molecular formula is C22H25F3N4O4. The van der Waals surface area contributed by atoms with E-state index in [2.05, 4.69) is 20.5 Å². The number of amides is 2. The number of nitrogens with one attached hydrogen (secondary N) is 2. The Morgan fingerprint density at radius 1 is 1.24 bits per heavy atom. The van der Waals surface area contributed by atoms with Crippen molar-refractivity contribution in [3.63, 3.8) is 0 Å². The van der Waals surface area contributed by atoms with Gasteiger partial charge in [-0.3, -0.25) is 14.3 Å². The van der Waals surface area contributed by atoms with Crippen LogP contribution in [0.4, 0.5) is 19.0 Å². The Hall–Kier alpha value is -3.08. The molecule has 1 aromatic heterocycles. The lowest BCUT2D eigenvalue weighted by molar-refractivity contribution is -0.274. The van der Waals surface area contributed by atoms with E-state index >= 15 is 0 Å². The van der Waals surface area contributed by atoms with Crippen molar-refractivity contribution in [2.45, 2.75) is 57.7 Å². The average Bonchev–Trinajstić information content (AvgIpc) is 3.32. The normalized spacial score (nSPS) is 25.5. The van der Waals surface area contributed by atoms with E-state index in [1.165, 1.54) is 18.2 Å². The second kappa shape index (κ2) is 9.05. The van der Waals surface area contributed by atoms with Gasteiger partial charge in [0.1, 0.15) is 5.75 Å². The Morgan fingerprint density at radius 3 is 2.61 bits per heavy atom. The summed E-state index contributed by atoms with van der Waals surface area (Å²) < 4.78 is 49.8. The molecule has 0 saturated carbocycles. The zero-order valence-electron chi connectivity index (χ0n) is 18.2. The summed E-state index contributed by atoms with van der Waals surface area (Å²) >= 11 is 0. The molecule has 8 nitrogen and oxygen atoms in total. The number of nitrogens with zero attached hydrogens (tertiary/aromatic N) is 2. The molecule has 4 atom stereocenters. The maximum absolute atomic E-state index is 12.7. The molecule has 2 aliphatic rings. The second-order valence-corrected chi connectivity index (χ2v) is 8.51. The standard InChI is InChI=1S/C22H25F3N4O4/c1-12-6-16(7-13(2)32-12)29-18(14-4-3-5-17(8-14)33-22(23,24)25)10-19(28-29)27-21(31)15-9-20(30)26-11-15/h3-5,8,10,12-13,15-16H,6-7,9,11H2,1-2H3,(H,26,30)(H,27,28,31)/t12-,13+,15-,16+/m1/s1. The van der Waals surface area contributed by atoms with Crippen molar-refractivity contribution in [2.24, 2.45) is 5.92 Å². The van der Waals surface area contributed by atoms with Crippen LogP contribution in [0.1, 0.15) is 39.2 Å². The van der Waals surface area contributed by atoms with Crippen LogP contribution in [-0.2, 0) is 14.3 Å². The third kappa shape index (κ3) is 5.65. The van der Waals surface area contributed by atoms with Crippen LogP contribution in [0.25, 0.3) is 11.3 Å². The van der Waals surface area contributed by atoms with Gasteiger partial charge in [-0.15, -0.1) is 13.2 Å². The molecule has 0 spiro atoms. The maximum atomic E-state index is 12.7. The van der Waals surface area contributed by atoms with Gasteiger partial charge in [0.05, 0.1) is 29.9 Å². The van der Waals surface area contributed by atoms with E-state index in [9.17, 15) is 22.8 Å². The number of benzene rings is 1. The highest BCUT2D eigenvalue weighted by atomic mass is 19.4. The van der Waals surface area contributed by atoms with Crippen LogP contribution in [-0.4, -0.2) is 46.7 Å². The number of hydrogen-bond donors (Lipinski definition) is 2. The van der Waals surface area contributed by atoms with Gasteiger partial charge < -0.3 is 20.1 Å². The van der Waals surface area contributed by atoms with E-state index in [1.807, 2.05) is 13.8 Å². The maximum Gasteiger partial charge on any atom is 0.573 e. The monoisotopic (exact) mass is 466 g/mol. The zero-order chi connectivity index (χ0) is 23.8. The minimum absolute atomic E-state index is 0.0238. The third-order valence-electron chi connectivity index (χ3n) is 5.72. The first kappa shape index (κ1) is 23.1. The topological polar surface area (TPSA) is 94.5 Å². The SMILES string of the molecule is C[C@@H]1C[C@H](n2nc(NC(=O)[C@H]3CNC(=O)C3)cc2-c2cccc(OC(F)(F)F)c2)C[C@H](C)O1. The van der Waals surface area contributed by atoms with Gasteiger partial charge in [-0.25, -0.2) is 0 Å². The van der Waals surface area contributed by atoms with Gasteiger partial charge in [-0.2, -0.15) is 5.10 Å². The van der Waals surface area contributed by atoms with Crippen LogP contribution < -0.4 is 15.4 Å². The van der Waals surface area contributed by atoms with E-state index in [0.717, 1.165) is 0 Å². The van der Waals surface area contributed by atoms with Crippen LogP contribution >= 0.6 is 0 Å². The first-order valence-electron chi connectivity index (χ1n) is 10.8. The number of alkyl halides is 3. The summed E-state index contributed by atoms with van der Waals surface area (Å²) in [6.07, 6.45) is -3.44. The molecule has 0 unspecified atom stereocenters. The summed E-state index contributed by atoms with van der Waals surface area (Å²) in [6, 6.07) is 7.19. The number of aromatic nitrogens is 2. The van der Waals surface area contributed by atoms with E-state index < -0.39 is 12.3 Å². The highest BCUT2D eigenvalue weighted by molar-refractivity contribution is 5.96. The van der Waals surface area contributed by atoms with Gasteiger partial charge in [0, 0.05) is 24.6 Å². The van der Waals surface area contributed by atoms with Gasteiger partial charge in [-0.05, 0) is 38.8 Å². The van der Waals surface area contributed by atoms with Gasteiger partial charge in [0.25, 0.3) is 0 Å². The number of halogens is 3. The van der Waals surface area contributed by atoms with Crippen LogP contribution in [0.5, 0.6) is 5.75 Å². The minimum atomic E-state index is -4.81. The Morgan fingerprint density at radius 2 is 1.97 bits per heavy atom. The molecule has 2 N–H and O–H groups in total. The Balaban J connectivity index is 1.66. The zero-order valence-corrected chi connectivity index (χ0v) is 18.2. The highest BCUT2D eigenvalue weighted by Gasteiger charge is 2.33. The number of rotatable bonds is 5. The molecule has 178 valence electrons. The van der Waals surface area contributed by atoms with Crippen molar-refractivity contribution in [1.29, 1.82) is 0 Å². The lowest BCUT2D eigenvalue weighted by atomic mass is 9.99. The fraction of sp³-hybridized carbons (Fsp3) is 0.500. The lowest BCUT2D eigenvalue weighted by Crippen LogP contribution is -2.31. The molecule has 2 aliphatic heterocycles. The van der Waals surface area contributed by atoms with Crippen molar-refractivity contribution in [3.05, 3.63) is 30.3 Å². The second-order valence-electron chi connectivity index (χ2n) is 8.51. The van der Waals surface area contributed by atoms with E-state index in [-0.39, 0.29) is 54.6 Å². The molecular weight excluding hydrogens is 441 g/mol. The Labute approximate surface area is 188 Å². The quantitative estimate of drug-likeness (QED) is 0.702. The summed E-state index contributed by atoms with van der Waals surface area (Å²) in [7, 11) is 0. The van der Waals surface area contributed by atoms with Crippen LogP contribution in [0, 0.1) is 5.92 Å². The molecule has 0 aliphatic carbocycles. The molecule has 2 saturated heterocycles. The molecule has 3 heterocycles. The summed E-state index contributed by atoms with van der Waals surface area (Å²) in [5.74, 6) is -1.11. The number of hydrogen-bond acceptors (Lipinski definition) is 5. The first-order valence-corrected chi connectivity index (χ1v) is 10.8. The third-order valence-corrected chi connectivity index (χ3v) is 5.72. The summed E-state index contributed by atoms with van der Waals surface area (Å²) in [4.78, 5) is 24.0. The Kier molecular flexibility index (Phi) is 6.33. The fourth-order valence-corrected chi connectivity index (χ4v) is 4.39. The molecule has 2 amide bonds. The average molecular weight is 466 g/mol. The van der Waals surface area contributed by atoms with Crippen LogP contribution in [0.2, 0.25) is 0 Å². The van der Waals surface area contributed by atoms with Crippen LogP contribution in [0.15, 0.2) is 30.3 Å².